The number of amides is 1. The molecule has 1 fully saturated rings. The summed E-state index contributed by atoms with van der Waals surface area (Å²) >= 11 is 0. The zero-order chi connectivity index (χ0) is 14.2. The number of likely N-dealkylation sites (tertiary alicyclic amines) is 1. The van der Waals surface area contributed by atoms with Gasteiger partial charge < -0.3 is 9.64 Å². The van der Waals surface area contributed by atoms with Gasteiger partial charge in [-0.3, -0.25) is 4.79 Å². The molecular formula is C17H23NO2. The van der Waals surface area contributed by atoms with Gasteiger partial charge in [0.25, 0.3) is 0 Å². The molecule has 0 N–H and O–H groups in total. The molecule has 1 saturated heterocycles. The first kappa shape index (κ1) is 14.8. The van der Waals surface area contributed by atoms with Gasteiger partial charge in [-0.25, -0.2) is 0 Å². The maximum absolute atomic E-state index is 12.2. The van der Waals surface area contributed by atoms with Crippen LogP contribution in [-0.2, 0) is 16.0 Å². The van der Waals surface area contributed by atoms with E-state index in [1.165, 1.54) is 5.56 Å². The number of carbonyl (C=O) groups is 1. The molecule has 0 aromatic heterocycles. The number of nitrogens with zero attached hydrogens (tertiary/aromatic N) is 1. The first-order valence-corrected chi connectivity index (χ1v) is 7.34. The lowest BCUT2D eigenvalue weighted by molar-refractivity contribution is -0.135. The Labute approximate surface area is 121 Å². The molecule has 1 atom stereocenters. The predicted octanol–water partition coefficient (Wildman–Crippen LogP) is 2.81. The van der Waals surface area contributed by atoms with Crippen molar-refractivity contribution in [3.8, 4) is 0 Å². The monoisotopic (exact) mass is 273 g/mol. The van der Waals surface area contributed by atoms with Crippen LogP contribution in [0.4, 0.5) is 0 Å². The van der Waals surface area contributed by atoms with E-state index in [4.69, 9.17) is 4.74 Å². The van der Waals surface area contributed by atoms with Crippen LogP contribution in [0.2, 0.25) is 0 Å². The summed E-state index contributed by atoms with van der Waals surface area (Å²) in [6, 6.07) is 10.2. The zero-order valence-electron chi connectivity index (χ0n) is 12.0. The summed E-state index contributed by atoms with van der Waals surface area (Å²) in [4.78, 5) is 14.2. The fourth-order valence-electron chi connectivity index (χ4n) is 2.56. The van der Waals surface area contributed by atoms with Gasteiger partial charge in [0.1, 0.15) is 0 Å². The van der Waals surface area contributed by atoms with Crippen LogP contribution >= 0.6 is 0 Å². The lowest BCUT2D eigenvalue weighted by Crippen LogP contribution is -2.43. The van der Waals surface area contributed by atoms with Crippen molar-refractivity contribution >= 4 is 5.91 Å². The maximum atomic E-state index is 12.2. The SMILES string of the molecule is C=CCOC1CCCN(C(=O)CCc2ccccc2)C1. The van der Waals surface area contributed by atoms with E-state index in [2.05, 4.69) is 18.7 Å². The molecule has 0 aliphatic carbocycles. The third-order valence-electron chi connectivity index (χ3n) is 3.65. The summed E-state index contributed by atoms with van der Waals surface area (Å²) in [5.41, 5.74) is 1.22. The zero-order valence-corrected chi connectivity index (χ0v) is 12.0. The molecule has 0 bridgehead atoms. The van der Waals surface area contributed by atoms with Gasteiger partial charge in [-0.05, 0) is 24.8 Å². The Kier molecular flexibility index (Phi) is 5.81. The number of hydrogen-bond donors (Lipinski definition) is 0. The van der Waals surface area contributed by atoms with E-state index in [0.717, 1.165) is 32.4 Å². The van der Waals surface area contributed by atoms with Crippen molar-refractivity contribution in [2.45, 2.75) is 31.8 Å². The van der Waals surface area contributed by atoms with Crippen molar-refractivity contribution in [2.24, 2.45) is 0 Å². The summed E-state index contributed by atoms with van der Waals surface area (Å²) < 4.78 is 5.66. The molecule has 1 amide bonds. The fraction of sp³-hybridized carbons (Fsp3) is 0.471. The Bertz CT molecular complexity index is 430. The number of benzene rings is 1. The van der Waals surface area contributed by atoms with Gasteiger partial charge >= 0.3 is 0 Å². The van der Waals surface area contributed by atoms with Gasteiger partial charge in [0.15, 0.2) is 0 Å². The molecule has 1 aromatic rings. The van der Waals surface area contributed by atoms with Crippen LogP contribution in [-0.4, -0.2) is 36.6 Å². The minimum atomic E-state index is 0.169. The van der Waals surface area contributed by atoms with E-state index in [1.807, 2.05) is 23.1 Å². The Balaban J connectivity index is 1.78. The van der Waals surface area contributed by atoms with Gasteiger partial charge in [0.05, 0.1) is 12.7 Å². The van der Waals surface area contributed by atoms with Crippen LogP contribution < -0.4 is 0 Å². The van der Waals surface area contributed by atoms with Crippen LogP contribution in [0.3, 0.4) is 0 Å². The minimum absolute atomic E-state index is 0.169. The highest BCUT2D eigenvalue weighted by Gasteiger charge is 2.23. The van der Waals surface area contributed by atoms with E-state index in [-0.39, 0.29) is 12.0 Å². The second-order valence-electron chi connectivity index (χ2n) is 5.21. The number of aryl methyl sites for hydroxylation is 1. The Morgan fingerprint density at radius 1 is 1.40 bits per heavy atom. The lowest BCUT2D eigenvalue weighted by Gasteiger charge is -2.32. The first-order valence-electron chi connectivity index (χ1n) is 7.34. The molecule has 0 saturated carbocycles. The van der Waals surface area contributed by atoms with E-state index >= 15 is 0 Å². The Hall–Kier alpha value is -1.61. The molecule has 3 nitrogen and oxygen atoms in total. The molecular weight excluding hydrogens is 250 g/mol. The summed E-state index contributed by atoms with van der Waals surface area (Å²) in [7, 11) is 0. The standard InChI is InChI=1S/C17H23NO2/c1-2-13-20-16-9-6-12-18(14-16)17(19)11-10-15-7-4-3-5-8-15/h2-5,7-8,16H,1,6,9-14H2. The topological polar surface area (TPSA) is 29.5 Å². The van der Waals surface area contributed by atoms with Crippen LogP contribution in [0.1, 0.15) is 24.8 Å². The number of ether oxygens (including phenoxy) is 1. The molecule has 1 aliphatic rings. The first-order chi connectivity index (χ1) is 9.79. The van der Waals surface area contributed by atoms with Crippen LogP contribution in [0.25, 0.3) is 0 Å². The molecule has 1 aliphatic heterocycles. The third kappa shape index (κ3) is 4.49. The van der Waals surface area contributed by atoms with Gasteiger partial charge in [0, 0.05) is 19.5 Å². The highest BCUT2D eigenvalue weighted by atomic mass is 16.5. The average Bonchev–Trinajstić information content (AvgIpc) is 2.52. The minimum Gasteiger partial charge on any atom is -0.372 e. The van der Waals surface area contributed by atoms with Crippen molar-refractivity contribution in [3.05, 3.63) is 48.6 Å². The summed E-state index contributed by atoms with van der Waals surface area (Å²) in [5.74, 6) is 0.237. The summed E-state index contributed by atoms with van der Waals surface area (Å²) in [6.07, 6.45) is 5.39. The highest BCUT2D eigenvalue weighted by molar-refractivity contribution is 5.76. The van der Waals surface area contributed by atoms with Crippen LogP contribution in [0, 0.1) is 0 Å². The Morgan fingerprint density at radius 3 is 2.95 bits per heavy atom. The van der Waals surface area contributed by atoms with Gasteiger partial charge in [-0.2, -0.15) is 0 Å². The quantitative estimate of drug-likeness (QED) is 0.746. The molecule has 2 rings (SSSR count). The number of rotatable bonds is 6. The predicted molar refractivity (Wildman–Crippen MR) is 80.5 cm³/mol. The van der Waals surface area contributed by atoms with E-state index in [1.54, 1.807) is 6.08 Å². The van der Waals surface area contributed by atoms with Crippen molar-refractivity contribution in [1.82, 2.24) is 4.90 Å². The second kappa shape index (κ2) is 7.85. The number of hydrogen-bond acceptors (Lipinski definition) is 2. The van der Waals surface area contributed by atoms with Crippen molar-refractivity contribution < 1.29 is 9.53 Å². The maximum Gasteiger partial charge on any atom is 0.222 e. The Morgan fingerprint density at radius 2 is 2.20 bits per heavy atom. The number of piperidine rings is 1. The summed E-state index contributed by atoms with van der Waals surface area (Å²) in [6.45, 7) is 5.81. The second-order valence-corrected chi connectivity index (χ2v) is 5.21. The molecule has 20 heavy (non-hydrogen) atoms. The molecule has 108 valence electrons. The normalized spacial score (nSPS) is 18.8. The van der Waals surface area contributed by atoms with Crippen LogP contribution in [0.5, 0.6) is 0 Å². The molecule has 3 heteroatoms. The van der Waals surface area contributed by atoms with E-state index < -0.39 is 0 Å². The third-order valence-corrected chi connectivity index (χ3v) is 3.65. The van der Waals surface area contributed by atoms with E-state index in [0.29, 0.717) is 13.0 Å². The highest BCUT2D eigenvalue weighted by Crippen LogP contribution is 2.15. The van der Waals surface area contributed by atoms with Crippen molar-refractivity contribution in [1.29, 1.82) is 0 Å². The van der Waals surface area contributed by atoms with Gasteiger partial charge in [-0.1, -0.05) is 36.4 Å². The average molecular weight is 273 g/mol. The van der Waals surface area contributed by atoms with E-state index in [9.17, 15) is 4.79 Å². The van der Waals surface area contributed by atoms with Crippen molar-refractivity contribution in [2.75, 3.05) is 19.7 Å². The molecule has 0 radical (unpaired) electrons. The van der Waals surface area contributed by atoms with Gasteiger partial charge in [-0.15, -0.1) is 6.58 Å². The largest absolute Gasteiger partial charge is 0.372 e. The molecule has 0 spiro atoms. The number of carbonyl (C=O) groups excluding carboxylic acids is 1. The molecule has 1 unspecified atom stereocenters. The van der Waals surface area contributed by atoms with Crippen LogP contribution in [0.15, 0.2) is 43.0 Å². The molecule has 1 aromatic carbocycles. The smallest absolute Gasteiger partial charge is 0.222 e. The molecule has 1 heterocycles. The summed E-state index contributed by atoms with van der Waals surface area (Å²) in [5, 5.41) is 0. The lowest BCUT2D eigenvalue weighted by atomic mass is 10.1. The van der Waals surface area contributed by atoms with Crippen molar-refractivity contribution in [3.63, 3.8) is 0 Å². The fourth-order valence-corrected chi connectivity index (χ4v) is 2.56. The van der Waals surface area contributed by atoms with Gasteiger partial charge in [0.2, 0.25) is 5.91 Å².